The van der Waals surface area contributed by atoms with Gasteiger partial charge in [-0.2, -0.15) is 10.5 Å². The summed E-state index contributed by atoms with van der Waals surface area (Å²) in [5.74, 6) is -0.406. The molecule has 0 saturated heterocycles. The second kappa shape index (κ2) is 7.61. The van der Waals surface area contributed by atoms with Crippen LogP contribution in [0, 0.1) is 22.7 Å². The van der Waals surface area contributed by atoms with E-state index in [1.54, 1.807) is 54.6 Å². The molecule has 0 aliphatic rings. The topological polar surface area (TPSA) is 102 Å². The van der Waals surface area contributed by atoms with Crippen molar-refractivity contribution < 1.29 is 4.79 Å². The molecular formula is C20H13N5O. The van der Waals surface area contributed by atoms with Crippen molar-refractivity contribution in [2.24, 2.45) is 0 Å². The molecule has 0 fully saturated rings. The highest BCUT2D eigenvalue weighted by atomic mass is 16.1. The van der Waals surface area contributed by atoms with Crippen LogP contribution in [0.25, 0.3) is 0 Å². The minimum atomic E-state index is -0.406. The van der Waals surface area contributed by atoms with E-state index in [2.05, 4.69) is 21.7 Å². The Morgan fingerprint density at radius 1 is 0.846 bits per heavy atom. The van der Waals surface area contributed by atoms with Crippen LogP contribution in [-0.2, 0) is 0 Å². The maximum Gasteiger partial charge on any atom is 0.274 e. The van der Waals surface area contributed by atoms with E-state index in [4.69, 9.17) is 10.5 Å². The Morgan fingerprint density at radius 3 is 2.08 bits per heavy atom. The molecule has 2 N–H and O–H groups in total. The molecule has 0 saturated carbocycles. The van der Waals surface area contributed by atoms with E-state index in [1.165, 1.54) is 6.20 Å². The summed E-state index contributed by atoms with van der Waals surface area (Å²) in [5, 5.41) is 24.0. The lowest BCUT2D eigenvalue weighted by Crippen LogP contribution is -2.14. The van der Waals surface area contributed by atoms with Crippen LogP contribution in [-0.4, -0.2) is 10.9 Å². The predicted octanol–water partition coefficient (Wildman–Crippen LogP) is 3.82. The Morgan fingerprint density at radius 2 is 1.46 bits per heavy atom. The van der Waals surface area contributed by atoms with E-state index in [-0.39, 0.29) is 5.69 Å². The third kappa shape index (κ3) is 3.66. The average molecular weight is 339 g/mol. The molecule has 0 unspecified atom stereocenters. The van der Waals surface area contributed by atoms with Crippen LogP contribution >= 0.6 is 0 Å². The monoisotopic (exact) mass is 339 g/mol. The van der Waals surface area contributed by atoms with Crippen LogP contribution in [0.1, 0.15) is 21.6 Å². The van der Waals surface area contributed by atoms with Gasteiger partial charge < -0.3 is 10.6 Å². The fourth-order valence-corrected chi connectivity index (χ4v) is 2.32. The first kappa shape index (κ1) is 16.7. The number of amides is 1. The number of rotatable bonds is 4. The summed E-state index contributed by atoms with van der Waals surface area (Å²) in [5.41, 5.74) is 2.87. The molecule has 124 valence electrons. The number of hydrogen-bond donors (Lipinski definition) is 2. The van der Waals surface area contributed by atoms with Gasteiger partial charge in [-0.1, -0.05) is 24.3 Å². The lowest BCUT2D eigenvalue weighted by molar-refractivity contribution is 0.102. The lowest BCUT2D eigenvalue weighted by Gasteiger charge is -2.09. The molecule has 1 aromatic heterocycles. The molecule has 0 bridgehead atoms. The summed E-state index contributed by atoms with van der Waals surface area (Å²) >= 11 is 0. The van der Waals surface area contributed by atoms with Gasteiger partial charge in [0.05, 0.1) is 34.4 Å². The van der Waals surface area contributed by atoms with Crippen molar-refractivity contribution >= 4 is 23.0 Å². The zero-order valence-corrected chi connectivity index (χ0v) is 13.6. The molecule has 26 heavy (non-hydrogen) atoms. The van der Waals surface area contributed by atoms with Crippen LogP contribution in [0.4, 0.5) is 17.1 Å². The average Bonchev–Trinajstić information content (AvgIpc) is 2.69. The van der Waals surface area contributed by atoms with Gasteiger partial charge in [0.15, 0.2) is 0 Å². The lowest BCUT2D eigenvalue weighted by atomic mass is 10.2. The quantitative estimate of drug-likeness (QED) is 0.752. The first-order valence-corrected chi connectivity index (χ1v) is 7.74. The molecule has 0 aliphatic heterocycles. The first-order valence-electron chi connectivity index (χ1n) is 7.74. The van der Waals surface area contributed by atoms with E-state index in [1.807, 2.05) is 12.1 Å². The number of carbonyl (C=O) groups excluding carboxylic acids is 1. The summed E-state index contributed by atoms with van der Waals surface area (Å²) in [4.78, 5) is 16.4. The maximum absolute atomic E-state index is 12.3. The minimum Gasteiger partial charge on any atom is -0.353 e. The number of pyridine rings is 1. The fraction of sp³-hybridized carbons (Fsp3) is 0. The maximum atomic E-state index is 12.3. The standard InChI is InChI=1S/C20H13N5O/c21-11-14-5-1-3-7-17(14)24-16-9-10-19(23-13-16)20(26)25-18-8-4-2-6-15(18)12-22/h1-10,13,24H,(H,25,26). The van der Waals surface area contributed by atoms with Crippen LogP contribution in [0.2, 0.25) is 0 Å². The van der Waals surface area contributed by atoms with Crippen LogP contribution in [0.5, 0.6) is 0 Å². The Labute approximate surface area is 150 Å². The number of nitriles is 2. The van der Waals surface area contributed by atoms with E-state index in [0.717, 1.165) is 0 Å². The van der Waals surface area contributed by atoms with Gasteiger partial charge in [-0.05, 0) is 36.4 Å². The van der Waals surface area contributed by atoms with Crippen molar-refractivity contribution in [1.29, 1.82) is 10.5 Å². The van der Waals surface area contributed by atoms with Gasteiger partial charge in [0.25, 0.3) is 5.91 Å². The first-order chi connectivity index (χ1) is 12.7. The highest BCUT2D eigenvalue weighted by molar-refractivity contribution is 6.03. The number of benzene rings is 2. The third-order valence-electron chi connectivity index (χ3n) is 3.62. The molecule has 3 aromatic rings. The number of nitrogens with one attached hydrogen (secondary N) is 2. The van der Waals surface area contributed by atoms with Crippen molar-refractivity contribution in [2.45, 2.75) is 0 Å². The zero-order valence-electron chi connectivity index (χ0n) is 13.6. The molecule has 6 nitrogen and oxygen atoms in total. The number of anilines is 3. The van der Waals surface area contributed by atoms with Crippen LogP contribution in [0.3, 0.4) is 0 Å². The van der Waals surface area contributed by atoms with Crippen molar-refractivity contribution in [3.63, 3.8) is 0 Å². The molecule has 6 heteroatoms. The highest BCUT2D eigenvalue weighted by Gasteiger charge is 2.10. The molecular weight excluding hydrogens is 326 g/mol. The third-order valence-corrected chi connectivity index (χ3v) is 3.62. The normalized spacial score (nSPS) is 9.62. The number of nitrogens with zero attached hydrogens (tertiary/aromatic N) is 3. The van der Waals surface area contributed by atoms with E-state index in [0.29, 0.717) is 28.2 Å². The largest absolute Gasteiger partial charge is 0.353 e. The number of para-hydroxylation sites is 2. The minimum absolute atomic E-state index is 0.219. The Hall–Kier alpha value is -4.16. The van der Waals surface area contributed by atoms with Gasteiger partial charge in [0.2, 0.25) is 0 Å². The number of carbonyl (C=O) groups is 1. The highest BCUT2D eigenvalue weighted by Crippen LogP contribution is 2.20. The molecule has 1 amide bonds. The summed E-state index contributed by atoms with van der Waals surface area (Å²) in [6, 6.07) is 21.3. The second-order valence-electron chi connectivity index (χ2n) is 5.33. The molecule has 3 rings (SSSR count). The fourth-order valence-electron chi connectivity index (χ4n) is 2.32. The molecule has 1 heterocycles. The SMILES string of the molecule is N#Cc1ccccc1NC(=O)c1ccc(Nc2ccccc2C#N)cn1. The summed E-state index contributed by atoms with van der Waals surface area (Å²) in [6.07, 6.45) is 1.51. The van der Waals surface area contributed by atoms with Gasteiger partial charge in [0.1, 0.15) is 17.8 Å². The summed E-state index contributed by atoms with van der Waals surface area (Å²) in [7, 11) is 0. The van der Waals surface area contributed by atoms with Crippen LogP contribution < -0.4 is 10.6 Å². The van der Waals surface area contributed by atoms with Crippen molar-refractivity contribution in [1.82, 2.24) is 4.98 Å². The van der Waals surface area contributed by atoms with E-state index >= 15 is 0 Å². The Bertz CT molecular complexity index is 1030. The Balaban J connectivity index is 1.74. The molecule has 0 radical (unpaired) electrons. The van der Waals surface area contributed by atoms with Crippen molar-refractivity contribution in [3.05, 3.63) is 83.7 Å². The second-order valence-corrected chi connectivity index (χ2v) is 5.33. The Kier molecular flexibility index (Phi) is 4.88. The smallest absolute Gasteiger partial charge is 0.274 e. The van der Waals surface area contributed by atoms with Gasteiger partial charge >= 0.3 is 0 Å². The predicted molar refractivity (Wildman–Crippen MR) is 97.8 cm³/mol. The number of hydrogen-bond acceptors (Lipinski definition) is 5. The molecule has 0 atom stereocenters. The summed E-state index contributed by atoms with van der Waals surface area (Å²) in [6.45, 7) is 0. The molecule has 0 spiro atoms. The van der Waals surface area contributed by atoms with Gasteiger partial charge in [-0.15, -0.1) is 0 Å². The number of aromatic nitrogens is 1. The van der Waals surface area contributed by atoms with Crippen molar-refractivity contribution in [2.75, 3.05) is 10.6 Å². The molecule has 0 aliphatic carbocycles. The van der Waals surface area contributed by atoms with Crippen LogP contribution in [0.15, 0.2) is 66.9 Å². The van der Waals surface area contributed by atoms with E-state index in [9.17, 15) is 4.79 Å². The van der Waals surface area contributed by atoms with E-state index < -0.39 is 5.91 Å². The van der Waals surface area contributed by atoms with Gasteiger partial charge in [-0.3, -0.25) is 4.79 Å². The van der Waals surface area contributed by atoms with Gasteiger partial charge in [-0.25, -0.2) is 4.98 Å². The summed E-state index contributed by atoms with van der Waals surface area (Å²) < 4.78 is 0. The zero-order chi connectivity index (χ0) is 18.4. The van der Waals surface area contributed by atoms with Gasteiger partial charge in [0, 0.05) is 0 Å². The van der Waals surface area contributed by atoms with Crippen molar-refractivity contribution in [3.8, 4) is 12.1 Å². The molecule has 2 aromatic carbocycles.